The third-order valence-corrected chi connectivity index (χ3v) is 4.14. The van der Waals surface area contributed by atoms with Gasteiger partial charge in [-0.1, -0.05) is 32.3 Å². The SMILES string of the molecule is CCCCCC1=CC(=O)NC(C(COC)C(=O)O)C1CC. The van der Waals surface area contributed by atoms with E-state index in [0.29, 0.717) is 0 Å². The number of aliphatic carboxylic acids is 1. The first-order valence-electron chi connectivity index (χ1n) is 7.77. The number of hydrogen-bond acceptors (Lipinski definition) is 3. The largest absolute Gasteiger partial charge is 0.481 e. The van der Waals surface area contributed by atoms with E-state index < -0.39 is 11.9 Å². The fourth-order valence-electron chi connectivity index (χ4n) is 3.05. The van der Waals surface area contributed by atoms with Gasteiger partial charge in [-0.05, 0) is 19.3 Å². The standard InChI is InChI=1S/C16H27NO4/c1-4-6-7-8-11-9-14(18)17-15(12(11)5-2)13(10-21-3)16(19)20/h9,12-13,15H,4-8,10H2,1-3H3,(H,17,18)(H,19,20). The van der Waals surface area contributed by atoms with Crippen LogP contribution in [0.5, 0.6) is 0 Å². The van der Waals surface area contributed by atoms with Crippen molar-refractivity contribution in [1.82, 2.24) is 5.32 Å². The molecular weight excluding hydrogens is 270 g/mol. The molecule has 1 aliphatic heterocycles. The van der Waals surface area contributed by atoms with Gasteiger partial charge < -0.3 is 15.2 Å². The zero-order valence-electron chi connectivity index (χ0n) is 13.2. The Hall–Kier alpha value is -1.36. The van der Waals surface area contributed by atoms with Crippen LogP contribution in [0.15, 0.2) is 11.6 Å². The highest BCUT2D eigenvalue weighted by Gasteiger charge is 2.38. The minimum atomic E-state index is -0.921. The normalized spacial score (nSPS) is 23.4. The average molecular weight is 297 g/mol. The van der Waals surface area contributed by atoms with Crippen LogP contribution in [0.2, 0.25) is 0 Å². The van der Waals surface area contributed by atoms with Crippen molar-refractivity contribution < 1.29 is 19.4 Å². The van der Waals surface area contributed by atoms with Crippen molar-refractivity contribution in [3.05, 3.63) is 11.6 Å². The maximum Gasteiger partial charge on any atom is 0.310 e. The van der Waals surface area contributed by atoms with E-state index in [1.165, 1.54) is 7.11 Å². The van der Waals surface area contributed by atoms with E-state index >= 15 is 0 Å². The van der Waals surface area contributed by atoms with Gasteiger partial charge in [0.15, 0.2) is 0 Å². The highest BCUT2D eigenvalue weighted by Crippen LogP contribution is 2.31. The minimum absolute atomic E-state index is 0.0795. The van der Waals surface area contributed by atoms with Gasteiger partial charge in [-0.2, -0.15) is 0 Å². The summed E-state index contributed by atoms with van der Waals surface area (Å²) in [5.41, 5.74) is 1.09. The van der Waals surface area contributed by atoms with Crippen LogP contribution in [0.3, 0.4) is 0 Å². The molecule has 0 bridgehead atoms. The van der Waals surface area contributed by atoms with Crippen LogP contribution in [0.1, 0.15) is 46.0 Å². The molecule has 0 aromatic carbocycles. The van der Waals surface area contributed by atoms with Crippen molar-refractivity contribution in [3.63, 3.8) is 0 Å². The summed E-state index contributed by atoms with van der Waals surface area (Å²) in [5, 5.41) is 12.2. The van der Waals surface area contributed by atoms with Crippen LogP contribution < -0.4 is 5.32 Å². The predicted octanol–water partition coefficient (Wildman–Crippen LogP) is 2.36. The van der Waals surface area contributed by atoms with Gasteiger partial charge in [0.2, 0.25) is 5.91 Å². The number of rotatable bonds is 9. The second-order valence-corrected chi connectivity index (χ2v) is 5.63. The molecule has 0 aromatic rings. The summed E-state index contributed by atoms with van der Waals surface area (Å²) in [4.78, 5) is 23.4. The molecule has 120 valence electrons. The first-order valence-corrected chi connectivity index (χ1v) is 7.77. The summed E-state index contributed by atoms with van der Waals surface area (Å²) in [6.07, 6.45) is 6.64. The van der Waals surface area contributed by atoms with Crippen molar-refractivity contribution in [3.8, 4) is 0 Å². The lowest BCUT2D eigenvalue weighted by Crippen LogP contribution is -2.52. The second-order valence-electron chi connectivity index (χ2n) is 5.63. The molecule has 1 heterocycles. The molecule has 0 spiro atoms. The monoisotopic (exact) mass is 297 g/mol. The number of amides is 1. The predicted molar refractivity (Wildman–Crippen MR) is 80.9 cm³/mol. The molecular formula is C16H27NO4. The van der Waals surface area contributed by atoms with E-state index in [1.54, 1.807) is 6.08 Å². The summed E-state index contributed by atoms with van der Waals surface area (Å²) >= 11 is 0. The molecule has 21 heavy (non-hydrogen) atoms. The van der Waals surface area contributed by atoms with Crippen molar-refractivity contribution in [1.29, 1.82) is 0 Å². The number of carbonyl (C=O) groups is 2. The topological polar surface area (TPSA) is 75.6 Å². The Labute approximate surface area is 126 Å². The van der Waals surface area contributed by atoms with Crippen molar-refractivity contribution in [2.75, 3.05) is 13.7 Å². The van der Waals surface area contributed by atoms with Crippen molar-refractivity contribution in [2.24, 2.45) is 11.8 Å². The van der Waals surface area contributed by atoms with E-state index in [2.05, 4.69) is 12.2 Å². The minimum Gasteiger partial charge on any atom is -0.481 e. The van der Waals surface area contributed by atoms with Gasteiger partial charge in [0.25, 0.3) is 0 Å². The van der Waals surface area contributed by atoms with Crippen LogP contribution >= 0.6 is 0 Å². The first-order chi connectivity index (χ1) is 10.0. The summed E-state index contributed by atoms with van der Waals surface area (Å²) < 4.78 is 5.03. The van der Waals surface area contributed by atoms with Gasteiger partial charge in [-0.3, -0.25) is 9.59 Å². The molecule has 0 fully saturated rings. The van der Waals surface area contributed by atoms with Crippen LogP contribution in [0.4, 0.5) is 0 Å². The van der Waals surface area contributed by atoms with Gasteiger partial charge >= 0.3 is 5.97 Å². The van der Waals surface area contributed by atoms with Crippen molar-refractivity contribution in [2.45, 2.75) is 52.0 Å². The molecule has 3 atom stereocenters. The van der Waals surface area contributed by atoms with Crippen LogP contribution in [0, 0.1) is 11.8 Å². The number of nitrogens with one attached hydrogen (secondary N) is 1. The zero-order valence-corrected chi connectivity index (χ0v) is 13.2. The fourth-order valence-corrected chi connectivity index (χ4v) is 3.05. The Kier molecular flexibility index (Phi) is 7.43. The molecule has 5 heteroatoms. The highest BCUT2D eigenvalue weighted by molar-refractivity contribution is 5.90. The Morgan fingerprint density at radius 2 is 2.14 bits per heavy atom. The van der Waals surface area contributed by atoms with Gasteiger partial charge in [-0.15, -0.1) is 0 Å². The van der Waals surface area contributed by atoms with Crippen molar-refractivity contribution >= 4 is 11.9 Å². The van der Waals surface area contributed by atoms with E-state index in [-0.39, 0.29) is 24.5 Å². The maximum absolute atomic E-state index is 11.9. The quantitative estimate of drug-likeness (QED) is 0.641. The molecule has 3 unspecified atom stereocenters. The highest BCUT2D eigenvalue weighted by atomic mass is 16.5. The third-order valence-electron chi connectivity index (χ3n) is 4.14. The number of carbonyl (C=O) groups excluding carboxylic acids is 1. The number of hydrogen-bond donors (Lipinski definition) is 2. The second kappa shape index (κ2) is 8.82. The fraction of sp³-hybridized carbons (Fsp3) is 0.750. The lowest BCUT2D eigenvalue weighted by atomic mass is 9.78. The Morgan fingerprint density at radius 3 is 2.67 bits per heavy atom. The van der Waals surface area contributed by atoms with E-state index in [4.69, 9.17) is 4.74 Å². The van der Waals surface area contributed by atoms with E-state index in [9.17, 15) is 14.7 Å². The van der Waals surface area contributed by atoms with E-state index in [0.717, 1.165) is 37.7 Å². The van der Waals surface area contributed by atoms with Crippen LogP contribution in [0.25, 0.3) is 0 Å². The number of carboxylic acids is 1. The zero-order chi connectivity index (χ0) is 15.8. The maximum atomic E-state index is 11.9. The molecule has 0 saturated carbocycles. The Bertz CT molecular complexity index is 392. The molecule has 1 amide bonds. The molecule has 0 saturated heterocycles. The first kappa shape index (κ1) is 17.7. The summed E-state index contributed by atoms with van der Waals surface area (Å²) in [7, 11) is 1.49. The summed E-state index contributed by atoms with van der Waals surface area (Å²) in [6.45, 7) is 4.29. The Morgan fingerprint density at radius 1 is 1.43 bits per heavy atom. The van der Waals surface area contributed by atoms with Gasteiger partial charge in [0, 0.05) is 19.1 Å². The molecule has 2 N–H and O–H groups in total. The molecule has 5 nitrogen and oxygen atoms in total. The average Bonchev–Trinajstić information content (AvgIpc) is 2.44. The number of methoxy groups -OCH3 is 1. The van der Waals surface area contributed by atoms with Gasteiger partial charge in [0.05, 0.1) is 12.6 Å². The number of ether oxygens (including phenoxy) is 1. The van der Waals surface area contributed by atoms with Gasteiger partial charge in [0.1, 0.15) is 5.92 Å². The molecule has 1 aliphatic rings. The molecule has 0 aromatic heterocycles. The van der Waals surface area contributed by atoms with E-state index in [1.807, 2.05) is 6.92 Å². The molecule has 0 aliphatic carbocycles. The smallest absolute Gasteiger partial charge is 0.310 e. The lowest BCUT2D eigenvalue weighted by molar-refractivity contribution is -0.145. The third kappa shape index (κ3) is 4.84. The van der Waals surface area contributed by atoms with Crippen LogP contribution in [-0.4, -0.2) is 36.7 Å². The lowest BCUT2D eigenvalue weighted by Gasteiger charge is -2.36. The Balaban J connectivity index is 2.91. The number of carboxylic acid groups (broad SMARTS) is 1. The summed E-state index contributed by atoms with van der Waals surface area (Å²) in [6, 6.07) is -0.387. The van der Waals surface area contributed by atoms with Crippen LogP contribution in [-0.2, 0) is 14.3 Å². The molecule has 0 radical (unpaired) electrons. The summed E-state index contributed by atoms with van der Waals surface area (Å²) in [5.74, 6) is -1.73. The van der Waals surface area contributed by atoms with Gasteiger partial charge in [-0.25, -0.2) is 0 Å². The molecule has 1 rings (SSSR count). The number of unbranched alkanes of at least 4 members (excludes halogenated alkanes) is 2.